The molecule has 0 bridgehead atoms. The van der Waals surface area contributed by atoms with E-state index >= 15 is 0 Å². The van der Waals surface area contributed by atoms with E-state index in [1.807, 2.05) is 66.7 Å². The van der Waals surface area contributed by atoms with Crippen molar-refractivity contribution in [2.45, 2.75) is 25.1 Å². The largest absolute Gasteiger partial charge is 0.416 e. The van der Waals surface area contributed by atoms with Crippen LogP contribution in [0, 0.1) is 0 Å². The summed E-state index contributed by atoms with van der Waals surface area (Å²) in [5.41, 5.74) is 2.37. The molecule has 1 saturated heterocycles. The van der Waals surface area contributed by atoms with Gasteiger partial charge in [0.2, 0.25) is 5.91 Å². The Morgan fingerprint density at radius 1 is 0.971 bits per heavy atom. The third-order valence-electron chi connectivity index (χ3n) is 6.06. The van der Waals surface area contributed by atoms with Crippen LogP contribution in [0.4, 0.5) is 18.9 Å². The number of allylic oxidation sites excluding steroid dienone is 1. The van der Waals surface area contributed by atoms with Crippen molar-refractivity contribution < 1.29 is 18.0 Å². The van der Waals surface area contributed by atoms with Crippen molar-refractivity contribution in [2.24, 2.45) is 0 Å². The van der Waals surface area contributed by atoms with Gasteiger partial charge < -0.3 is 9.47 Å². The van der Waals surface area contributed by atoms with E-state index < -0.39 is 11.7 Å². The summed E-state index contributed by atoms with van der Waals surface area (Å²) in [4.78, 5) is 19.1. The molecule has 2 heterocycles. The van der Waals surface area contributed by atoms with Crippen molar-refractivity contribution in [1.29, 1.82) is 0 Å². The molecule has 1 aliphatic heterocycles. The van der Waals surface area contributed by atoms with Crippen molar-refractivity contribution in [3.05, 3.63) is 102 Å². The second-order valence-electron chi connectivity index (χ2n) is 8.34. The van der Waals surface area contributed by atoms with E-state index in [1.54, 1.807) is 6.07 Å². The van der Waals surface area contributed by atoms with Crippen LogP contribution in [-0.2, 0) is 17.5 Å². The molecule has 7 heteroatoms. The number of fused-ring (bicyclic) bond motifs is 1. The van der Waals surface area contributed by atoms with Crippen molar-refractivity contribution in [1.82, 2.24) is 9.55 Å². The van der Waals surface area contributed by atoms with Crippen molar-refractivity contribution >= 4 is 28.7 Å². The third-order valence-corrected chi connectivity index (χ3v) is 6.06. The number of hydrogen-bond donors (Lipinski definition) is 0. The quantitative estimate of drug-likeness (QED) is 0.350. The van der Waals surface area contributed by atoms with Crippen LogP contribution in [0.3, 0.4) is 0 Å². The maximum Gasteiger partial charge on any atom is 0.416 e. The minimum Gasteiger partial charge on any atom is -0.324 e. The first-order valence-corrected chi connectivity index (χ1v) is 11.0. The second-order valence-corrected chi connectivity index (χ2v) is 8.34. The molecule has 5 rings (SSSR count). The number of carbonyl (C=O) groups excluding carboxylic acids is 1. The van der Waals surface area contributed by atoms with Crippen molar-refractivity contribution in [3.8, 4) is 0 Å². The van der Waals surface area contributed by atoms with Gasteiger partial charge in [-0.25, -0.2) is 4.98 Å². The lowest BCUT2D eigenvalue weighted by atomic mass is 10.1. The number of para-hydroxylation sites is 2. The van der Waals surface area contributed by atoms with Crippen LogP contribution in [0.1, 0.15) is 29.3 Å². The summed E-state index contributed by atoms with van der Waals surface area (Å²) in [6, 6.07) is 22.7. The summed E-state index contributed by atoms with van der Waals surface area (Å²) in [5.74, 6) is 0.337. The highest BCUT2D eigenvalue weighted by molar-refractivity contribution is 5.96. The van der Waals surface area contributed by atoms with Crippen LogP contribution in [0.25, 0.3) is 17.1 Å². The fourth-order valence-electron chi connectivity index (χ4n) is 4.44. The number of rotatable bonds is 5. The van der Waals surface area contributed by atoms with Gasteiger partial charge >= 0.3 is 6.18 Å². The smallest absolute Gasteiger partial charge is 0.324 e. The number of amides is 1. The number of nitrogens with zero attached hydrogens (tertiary/aromatic N) is 3. The predicted octanol–water partition coefficient (Wildman–Crippen LogP) is 6.29. The number of hydrogen-bond acceptors (Lipinski definition) is 2. The van der Waals surface area contributed by atoms with E-state index in [9.17, 15) is 18.0 Å². The Kier molecular flexibility index (Phi) is 5.69. The number of carbonyl (C=O) groups is 1. The van der Waals surface area contributed by atoms with Crippen LogP contribution in [-0.4, -0.2) is 22.0 Å². The van der Waals surface area contributed by atoms with Crippen molar-refractivity contribution in [3.63, 3.8) is 0 Å². The lowest BCUT2D eigenvalue weighted by molar-refractivity contribution is -0.137. The monoisotopic (exact) mass is 461 g/mol. The fraction of sp³-hybridized carbons (Fsp3) is 0.185. The Morgan fingerprint density at radius 2 is 1.74 bits per heavy atom. The molecule has 1 amide bonds. The van der Waals surface area contributed by atoms with Crippen LogP contribution in [0.15, 0.2) is 84.9 Å². The van der Waals surface area contributed by atoms with E-state index in [-0.39, 0.29) is 30.5 Å². The molecule has 0 unspecified atom stereocenters. The lowest BCUT2D eigenvalue weighted by Crippen LogP contribution is -2.25. The molecule has 1 aromatic heterocycles. The summed E-state index contributed by atoms with van der Waals surface area (Å²) < 4.78 is 41.6. The highest BCUT2D eigenvalue weighted by Gasteiger charge is 2.36. The summed E-state index contributed by atoms with van der Waals surface area (Å²) in [5, 5.41) is 0. The number of imidazole rings is 1. The van der Waals surface area contributed by atoms with Gasteiger partial charge in [-0.2, -0.15) is 13.2 Å². The molecule has 1 aliphatic rings. The number of aromatic nitrogens is 2. The molecule has 4 aromatic rings. The van der Waals surface area contributed by atoms with Crippen molar-refractivity contribution in [2.75, 3.05) is 11.4 Å². The topological polar surface area (TPSA) is 38.1 Å². The average molecular weight is 461 g/mol. The van der Waals surface area contributed by atoms with Gasteiger partial charge in [0.15, 0.2) is 0 Å². The molecule has 0 saturated carbocycles. The molecule has 1 atom stereocenters. The zero-order chi connectivity index (χ0) is 23.7. The summed E-state index contributed by atoms with van der Waals surface area (Å²) in [6.07, 6.45) is -0.180. The van der Waals surface area contributed by atoms with Gasteiger partial charge in [-0.3, -0.25) is 4.79 Å². The standard InChI is InChI=1S/C27H22F3N3O/c28-27(29,30)21-11-6-12-22(17-21)33-18-20(16-25(33)34)26-31-23-13-4-5-14-24(23)32(26)15-7-10-19-8-2-1-3-9-19/h1-14,17,20H,15-16,18H2/b10-7-/t20-/m1/s1. The Balaban J connectivity index is 1.45. The SMILES string of the molecule is O=C1C[C@@H](c2nc3ccccc3n2C/C=C\c2ccccc2)CN1c1cccc(C(F)(F)F)c1. The minimum atomic E-state index is -4.46. The number of alkyl halides is 3. The summed E-state index contributed by atoms with van der Waals surface area (Å²) >= 11 is 0. The molecule has 172 valence electrons. The minimum absolute atomic E-state index is 0.196. The maximum absolute atomic E-state index is 13.2. The number of anilines is 1. The molecule has 3 aromatic carbocycles. The number of halogens is 3. The van der Waals surface area contributed by atoms with Gasteiger partial charge in [0, 0.05) is 31.1 Å². The van der Waals surface area contributed by atoms with Crippen LogP contribution < -0.4 is 4.90 Å². The van der Waals surface area contributed by atoms with E-state index in [1.165, 1.54) is 11.0 Å². The normalized spacial score (nSPS) is 16.7. The highest BCUT2D eigenvalue weighted by Crippen LogP contribution is 2.36. The fourth-order valence-corrected chi connectivity index (χ4v) is 4.44. The summed E-state index contributed by atoms with van der Waals surface area (Å²) in [7, 11) is 0. The van der Waals surface area contributed by atoms with E-state index in [2.05, 4.69) is 4.57 Å². The maximum atomic E-state index is 13.2. The van der Waals surface area contributed by atoms with Crippen LogP contribution >= 0.6 is 0 Å². The Morgan fingerprint density at radius 3 is 2.53 bits per heavy atom. The second kappa shape index (κ2) is 8.82. The lowest BCUT2D eigenvalue weighted by Gasteiger charge is -2.18. The van der Waals surface area contributed by atoms with Gasteiger partial charge in [0.25, 0.3) is 0 Å². The van der Waals surface area contributed by atoms with E-state index in [0.717, 1.165) is 34.6 Å². The molecule has 0 aliphatic carbocycles. The zero-order valence-electron chi connectivity index (χ0n) is 18.2. The first kappa shape index (κ1) is 21.9. The van der Waals surface area contributed by atoms with E-state index in [4.69, 9.17) is 4.98 Å². The van der Waals surface area contributed by atoms with Gasteiger partial charge in [0.1, 0.15) is 5.82 Å². The highest BCUT2D eigenvalue weighted by atomic mass is 19.4. The molecule has 4 nitrogen and oxygen atoms in total. The van der Waals surface area contributed by atoms with Gasteiger partial charge in [-0.1, -0.05) is 60.7 Å². The van der Waals surface area contributed by atoms with Crippen LogP contribution in [0.2, 0.25) is 0 Å². The summed E-state index contributed by atoms with van der Waals surface area (Å²) in [6.45, 7) is 0.852. The molecule has 0 spiro atoms. The Bertz CT molecular complexity index is 1360. The zero-order valence-corrected chi connectivity index (χ0v) is 18.2. The number of benzene rings is 3. The molecule has 0 N–H and O–H groups in total. The molecular formula is C27H22F3N3O. The average Bonchev–Trinajstić information content (AvgIpc) is 3.40. The van der Waals surface area contributed by atoms with Gasteiger partial charge in [-0.05, 0) is 35.9 Å². The Labute approximate surface area is 195 Å². The Hall–Kier alpha value is -3.87. The molecule has 1 fully saturated rings. The van der Waals surface area contributed by atoms with Gasteiger partial charge in [0.05, 0.1) is 16.6 Å². The first-order valence-electron chi connectivity index (χ1n) is 11.0. The molecule has 0 radical (unpaired) electrons. The predicted molar refractivity (Wildman–Crippen MR) is 126 cm³/mol. The molecule has 34 heavy (non-hydrogen) atoms. The first-order chi connectivity index (χ1) is 16.4. The molecular weight excluding hydrogens is 439 g/mol. The van der Waals surface area contributed by atoms with Crippen LogP contribution in [0.5, 0.6) is 0 Å². The van der Waals surface area contributed by atoms with E-state index in [0.29, 0.717) is 6.54 Å². The third kappa shape index (κ3) is 4.33. The van der Waals surface area contributed by atoms with Gasteiger partial charge in [-0.15, -0.1) is 0 Å².